The number of hydrogen-bond donors (Lipinski definition) is 2. The van der Waals surface area contributed by atoms with Gasteiger partial charge in [0.25, 0.3) is 0 Å². The molecule has 0 spiro atoms. The van der Waals surface area contributed by atoms with Crippen LogP contribution in [0.1, 0.15) is 39.5 Å². The number of carboxylic acid groups (broad SMARTS) is 1. The van der Waals surface area contributed by atoms with Gasteiger partial charge in [0.05, 0.1) is 0 Å². The van der Waals surface area contributed by atoms with Gasteiger partial charge < -0.3 is 10.4 Å². The van der Waals surface area contributed by atoms with Crippen LogP contribution in [0.4, 0.5) is 0 Å². The Morgan fingerprint density at radius 2 is 2.29 bits per heavy atom. The van der Waals surface area contributed by atoms with Gasteiger partial charge in [0.2, 0.25) is 0 Å². The Balaban J connectivity index is 2.51. The maximum atomic E-state index is 10.3. The highest BCUT2D eigenvalue weighted by Crippen LogP contribution is 2.32. The Bertz CT molecular complexity index is 237. The van der Waals surface area contributed by atoms with Crippen molar-refractivity contribution in [3.63, 3.8) is 0 Å². The number of nitrogens with one attached hydrogen (secondary N) is 1. The molecule has 80 valence electrons. The lowest BCUT2D eigenvalue weighted by atomic mass is 9.75. The molecule has 14 heavy (non-hydrogen) atoms. The molecule has 0 amide bonds. The third-order valence-corrected chi connectivity index (χ3v) is 3.31. The van der Waals surface area contributed by atoms with Gasteiger partial charge in [-0.2, -0.15) is 0 Å². The van der Waals surface area contributed by atoms with Crippen LogP contribution in [0.2, 0.25) is 0 Å². The zero-order chi connectivity index (χ0) is 10.6. The van der Waals surface area contributed by atoms with Gasteiger partial charge in [-0.25, -0.2) is 4.79 Å². The summed E-state index contributed by atoms with van der Waals surface area (Å²) in [5.74, 6) is -0.292. The van der Waals surface area contributed by atoms with Crippen molar-refractivity contribution in [1.29, 1.82) is 0 Å². The van der Waals surface area contributed by atoms with Crippen molar-refractivity contribution < 1.29 is 9.90 Å². The van der Waals surface area contributed by atoms with Crippen LogP contribution in [0.25, 0.3) is 0 Å². The molecule has 3 nitrogen and oxygen atoms in total. The van der Waals surface area contributed by atoms with E-state index in [1.807, 2.05) is 0 Å². The van der Waals surface area contributed by atoms with Gasteiger partial charge in [0.15, 0.2) is 0 Å². The second kappa shape index (κ2) is 4.49. The maximum absolute atomic E-state index is 10.3. The average molecular weight is 197 g/mol. The summed E-state index contributed by atoms with van der Waals surface area (Å²) in [6.07, 6.45) is 7.59. The van der Waals surface area contributed by atoms with E-state index in [1.165, 1.54) is 19.3 Å². The molecule has 1 aliphatic rings. The number of aliphatic carboxylic acids is 1. The van der Waals surface area contributed by atoms with Gasteiger partial charge in [-0.15, -0.1) is 0 Å². The summed E-state index contributed by atoms with van der Waals surface area (Å²) in [6, 6.07) is 0. The molecule has 1 rings (SSSR count). The SMILES string of the molecule is CC1CCCCC1(C)N/C=C/C(=O)O. The van der Waals surface area contributed by atoms with E-state index in [0.29, 0.717) is 5.92 Å². The molecule has 1 aliphatic carbocycles. The lowest BCUT2D eigenvalue weighted by molar-refractivity contribution is -0.131. The van der Waals surface area contributed by atoms with Crippen LogP contribution < -0.4 is 5.32 Å². The van der Waals surface area contributed by atoms with Gasteiger partial charge in [-0.3, -0.25) is 0 Å². The molecule has 0 aromatic carbocycles. The average Bonchev–Trinajstić information content (AvgIpc) is 2.10. The fourth-order valence-corrected chi connectivity index (χ4v) is 2.03. The second-order valence-electron chi connectivity index (χ2n) is 4.38. The van der Waals surface area contributed by atoms with Gasteiger partial charge in [0.1, 0.15) is 0 Å². The standard InChI is InChI=1S/C11H19NO2/c1-9-5-3-4-7-11(9,2)12-8-6-10(13)14/h6,8-9,12H,3-5,7H2,1-2H3,(H,13,14)/b8-6+. The number of carbonyl (C=O) groups is 1. The van der Waals surface area contributed by atoms with Gasteiger partial charge in [-0.1, -0.05) is 19.8 Å². The molecule has 0 radical (unpaired) electrons. The largest absolute Gasteiger partial charge is 0.478 e. The molecule has 2 N–H and O–H groups in total. The van der Waals surface area contributed by atoms with Crippen molar-refractivity contribution in [3.8, 4) is 0 Å². The first-order valence-corrected chi connectivity index (χ1v) is 5.22. The third kappa shape index (κ3) is 2.76. The summed E-state index contributed by atoms with van der Waals surface area (Å²) >= 11 is 0. The molecular formula is C11H19NO2. The second-order valence-corrected chi connectivity index (χ2v) is 4.38. The smallest absolute Gasteiger partial charge is 0.329 e. The van der Waals surface area contributed by atoms with Crippen LogP contribution >= 0.6 is 0 Å². The van der Waals surface area contributed by atoms with Crippen molar-refractivity contribution >= 4 is 5.97 Å². The molecule has 2 unspecified atom stereocenters. The third-order valence-electron chi connectivity index (χ3n) is 3.31. The van der Waals surface area contributed by atoms with E-state index in [9.17, 15) is 4.79 Å². The molecule has 0 aromatic heterocycles. The molecule has 2 atom stereocenters. The van der Waals surface area contributed by atoms with Crippen molar-refractivity contribution in [2.24, 2.45) is 5.92 Å². The number of carboxylic acids is 1. The molecule has 0 aliphatic heterocycles. The number of rotatable bonds is 3. The summed E-state index contributed by atoms with van der Waals surface area (Å²) in [7, 11) is 0. The fraction of sp³-hybridized carbons (Fsp3) is 0.727. The Hall–Kier alpha value is -0.990. The summed E-state index contributed by atoms with van der Waals surface area (Å²) in [5, 5.41) is 11.7. The molecule has 0 aromatic rings. The highest BCUT2D eigenvalue weighted by atomic mass is 16.4. The van der Waals surface area contributed by atoms with Crippen LogP contribution in [0.15, 0.2) is 12.3 Å². The van der Waals surface area contributed by atoms with E-state index < -0.39 is 5.97 Å². The molecular weight excluding hydrogens is 178 g/mol. The van der Waals surface area contributed by atoms with Gasteiger partial charge in [-0.05, 0) is 25.7 Å². The molecule has 1 fully saturated rings. The zero-order valence-corrected chi connectivity index (χ0v) is 8.92. The molecule has 0 bridgehead atoms. The predicted molar refractivity (Wildman–Crippen MR) is 55.9 cm³/mol. The maximum Gasteiger partial charge on any atom is 0.329 e. The Morgan fingerprint density at radius 1 is 1.57 bits per heavy atom. The normalized spacial score (nSPS) is 33.1. The van der Waals surface area contributed by atoms with Crippen molar-refractivity contribution in [2.45, 2.75) is 45.1 Å². The van der Waals surface area contributed by atoms with E-state index in [-0.39, 0.29) is 5.54 Å². The van der Waals surface area contributed by atoms with Crippen LogP contribution in [-0.4, -0.2) is 16.6 Å². The highest BCUT2D eigenvalue weighted by molar-refractivity contribution is 5.79. The topological polar surface area (TPSA) is 49.3 Å². The van der Waals surface area contributed by atoms with Crippen LogP contribution in [0, 0.1) is 5.92 Å². The summed E-state index contributed by atoms with van der Waals surface area (Å²) in [6.45, 7) is 4.39. The van der Waals surface area contributed by atoms with Gasteiger partial charge in [0, 0.05) is 17.8 Å². The zero-order valence-electron chi connectivity index (χ0n) is 8.92. The highest BCUT2D eigenvalue weighted by Gasteiger charge is 2.32. The van der Waals surface area contributed by atoms with E-state index in [2.05, 4.69) is 19.2 Å². The van der Waals surface area contributed by atoms with E-state index in [4.69, 9.17) is 5.11 Å². The van der Waals surface area contributed by atoms with Gasteiger partial charge >= 0.3 is 5.97 Å². The summed E-state index contributed by atoms with van der Waals surface area (Å²) < 4.78 is 0. The van der Waals surface area contributed by atoms with Crippen molar-refractivity contribution in [2.75, 3.05) is 0 Å². The van der Waals surface area contributed by atoms with Crippen LogP contribution in [0.3, 0.4) is 0 Å². The molecule has 3 heteroatoms. The van der Waals surface area contributed by atoms with Crippen molar-refractivity contribution in [3.05, 3.63) is 12.3 Å². The monoisotopic (exact) mass is 197 g/mol. The molecule has 0 saturated heterocycles. The van der Waals surface area contributed by atoms with Crippen LogP contribution in [0.5, 0.6) is 0 Å². The molecule has 1 saturated carbocycles. The Morgan fingerprint density at radius 3 is 2.86 bits per heavy atom. The first kappa shape index (κ1) is 11.1. The first-order chi connectivity index (χ1) is 6.54. The van der Waals surface area contributed by atoms with E-state index >= 15 is 0 Å². The fourth-order valence-electron chi connectivity index (χ4n) is 2.03. The quantitative estimate of drug-likeness (QED) is 0.681. The minimum atomic E-state index is -0.899. The van der Waals surface area contributed by atoms with E-state index in [0.717, 1.165) is 12.5 Å². The Kier molecular flexibility index (Phi) is 3.55. The summed E-state index contributed by atoms with van der Waals surface area (Å²) in [5.41, 5.74) is 0.0736. The van der Waals surface area contributed by atoms with E-state index in [1.54, 1.807) is 6.20 Å². The summed E-state index contributed by atoms with van der Waals surface area (Å²) in [4.78, 5) is 10.3. The van der Waals surface area contributed by atoms with Crippen LogP contribution in [-0.2, 0) is 4.79 Å². The van der Waals surface area contributed by atoms with Crippen molar-refractivity contribution in [1.82, 2.24) is 5.32 Å². The minimum absolute atomic E-state index is 0.0736. The lowest BCUT2D eigenvalue weighted by Crippen LogP contribution is -2.47. The number of hydrogen-bond acceptors (Lipinski definition) is 2. The predicted octanol–water partition coefficient (Wildman–Crippen LogP) is 2.14. The Labute approximate surface area is 85.2 Å². The minimum Gasteiger partial charge on any atom is -0.478 e. The first-order valence-electron chi connectivity index (χ1n) is 5.22. The molecule has 0 heterocycles. The lowest BCUT2D eigenvalue weighted by Gasteiger charge is -2.40.